The predicted molar refractivity (Wildman–Crippen MR) is 92.4 cm³/mol. The van der Waals surface area contributed by atoms with Crippen LogP contribution in [0.5, 0.6) is 0 Å². The first-order valence-electron chi connectivity index (χ1n) is 7.57. The van der Waals surface area contributed by atoms with Gasteiger partial charge in [0.2, 0.25) is 0 Å². The summed E-state index contributed by atoms with van der Waals surface area (Å²) >= 11 is 6.16. The molecule has 6 nitrogen and oxygen atoms in total. The molecule has 3 rings (SSSR count). The van der Waals surface area contributed by atoms with Crippen LogP contribution < -0.4 is 5.32 Å². The van der Waals surface area contributed by atoms with Crippen molar-refractivity contribution in [3.05, 3.63) is 64.7 Å². The molecule has 0 bridgehead atoms. The Morgan fingerprint density at radius 3 is 2.71 bits per heavy atom. The summed E-state index contributed by atoms with van der Waals surface area (Å²) in [5, 5.41) is 12.0. The van der Waals surface area contributed by atoms with Crippen molar-refractivity contribution in [2.75, 3.05) is 0 Å². The van der Waals surface area contributed by atoms with Gasteiger partial charge >= 0.3 is 0 Å². The van der Waals surface area contributed by atoms with Crippen LogP contribution in [0.4, 0.5) is 0 Å². The molecule has 7 heteroatoms. The molecule has 0 spiro atoms. The van der Waals surface area contributed by atoms with E-state index in [0.29, 0.717) is 10.7 Å². The second-order valence-electron chi connectivity index (χ2n) is 5.60. The number of amides is 1. The highest BCUT2D eigenvalue weighted by molar-refractivity contribution is 6.32. The Balaban J connectivity index is 1.77. The van der Waals surface area contributed by atoms with Gasteiger partial charge in [0.25, 0.3) is 5.91 Å². The van der Waals surface area contributed by atoms with E-state index < -0.39 is 0 Å². The van der Waals surface area contributed by atoms with Crippen molar-refractivity contribution in [2.45, 2.75) is 19.9 Å². The number of hydrogen-bond donors (Lipinski definition) is 1. The number of halogens is 1. The number of benzene rings is 1. The Hall–Kier alpha value is -2.60. The number of nitrogens with one attached hydrogen (secondary N) is 1. The molecule has 0 aliphatic carbocycles. The normalized spacial score (nSPS) is 12.2. The molecule has 1 atom stereocenters. The third kappa shape index (κ3) is 3.05. The van der Waals surface area contributed by atoms with Crippen LogP contribution in [0.25, 0.3) is 5.69 Å². The number of para-hydroxylation sites is 1. The number of nitrogens with zero attached hydrogens (tertiary/aromatic N) is 4. The number of aromatic nitrogens is 4. The summed E-state index contributed by atoms with van der Waals surface area (Å²) in [6.07, 6.45) is 3.48. The number of hydrogen-bond acceptors (Lipinski definition) is 3. The second-order valence-corrected chi connectivity index (χ2v) is 6.01. The summed E-state index contributed by atoms with van der Waals surface area (Å²) in [6, 6.07) is 8.86. The average molecular weight is 344 g/mol. The SMILES string of the molecule is Cc1c(C(C)NC(=O)c2ccn(-c3ccccc3Cl)n2)cnn1C. The lowest BCUT2D eigenvalue weighted by Gasteiger charge is -2.12. The minimum Gasteiger partial charge on any atom is -0.344 e. The highest BCUT2D eigenvalue weighted by Crippen LogP contribution is 2.20. The highest BCUT2D eigenvalue weighted by Gasteiger charge is 2.17. The molecule has 0 radical (unpaired) electrons. The Labute approximate surface area is 145 Å². The summed E-state index contributed by atoms with van der Waals surface area (Å²) < 4.78 is 3.38. The summed E-state index contributed by atoms with van der Waals surface area (Å²) in [4.78, 5) is 12.4. The van der Waals surface area contributed by atoms with E-state index in [4.69, 9.17) is 11.6 Å². The summed E-state index contributed by atoms with van der Waals surface area (Å²) in [5.41, 5.74) is 3.07. The zero-order valence-electron chi connectivity index (χ0n) is 13.7. The first kappa shape index (κ1) is 16.3. The summed E-state index contributed by atoms with van der Waals surface area (Å²) in [6.45, 7) is 3.89. The predicted octanol–water partition coefficient (Wildman–Crippen LogP) is 3.06. The average Bonchev–Trinajstić information content (AvgIpc) is 3.16. The molecule has 3 aromatic rings. The van der Waals surface area contributed by atoms with Crippen LogP contribution in [-0.2, 0) is 7.05 Å². The largest absolute Gasteiger partial charge is 0.344 e. The van der Waals surface area contributed by atoms with E-state index in [2.05, 4.69) is 15.5 Å². The Kier molecular flexibility index (Phi) is 4.40. The fraction of sp³-hybridized carbons (Fsp3) is 0.235. The lowest BCUT2D eigenvalue weighted by Crippen LogP contribution is -2.27. The van der Waals surface area contributed by atoms with Gasteiger partial charge in [0.1, 0.15) is 0 Å². The molecule has 24 heavy (non-hydrogen) atoms. The van der Waals surface area contributed by atoms with E-state index in [0.717, 1.165) is 16.9 Å². The Bertz CT molecular complexity index is 883. The quantitative estimate of drug-likeness (QED) is 0.791. The fourth-order valence-corrected chi connectivity index (χ4v) is 2.73. The van der Waals surface area contributed by atoms with E-state index >= 15 is 0 Å². The Morgan fingerprint density at radius 1 is 1.29 bits per heavy atom. The molecular formula is C17H18ClN5O. The molecule has 1 N–H and O–H groups in total. The van der Waals surface area contributed by atoms with E-state index in [1.54, 1.807) is 33.9 Å². The van der Waals surface area contributed by atoms with Gasteiger partial charge in [0, 0.05) is 24.5 Å². The van der Waals surface area contributed by atoms with Crippen molar-refractivity contribution < 1.29 is 4.79 Å². The first-order chi connectivity index (χ1) is 11.5. The molecule has 2 aromatic heterocycles. The molecular weight excluding hydrogens is 326 g/mol. The van der Waals surface area contributed by atoms with Crippen LogP contribution in [0.1, 0.15) is 34.7 Å². The number of carbonyl (C=O) groups is 1. The molecule has 0 saturated heterocycles. The monoisotopic (exact) mass is 343 g/mol. The number of rotatable bonds is 4. The van der Waals surface area contributed by atoms with Crippen molar-refractivity contribution in [1.82, 2.24) is 24.9 Å². The molecule has 0 aliphatic rings. The first-order valence-corrected chi connectivity index (χ1v) is 7.95. The summed E-state index contributed by atoms with van der Waals surface area (Å²) in [5.74, 6) is -0.239. The smallest absolute Gasteiger partial charge is 0.272 e. The maximum atomic E-state index is 12.4. The Morgan fingerprint density at radius 2 is 2.04 bits per heavy atom. The lowest BCUT2D eigenvalue weighted by molar-refractivity contribution is 0.0934. The second kappa shape index (κ2) is 6.49. The fourth-order valence-electron chi connectivity index (χ4n) is 2.51. The van der Waals surface area contributed by atoms with E-state index in [9.17, 15) is 4.79 Å². The van der Waals surface area contributed by atoms with Gasteiger partial charge in [-0.3, -0.25) is 9.48 Å². The van der Waals surface area contributed by atoms with Gasteiger partial charge in [-0.2, -0.15) is 10.2 Å². The van der Waals surface area contributed by atoms with Gasteiger partial charge in [0.05, 0.1) is 22.9 Å². The van der Waals surface area contributed by atoms with Crippen molar-refractivity contribution in [3.8, 4) is 5.69 Å². The van der Waals surface area contributed by atoms with Crippen molar-refractivity contribution >= 4 is 17.5 Å². The topological polar surface area (TPSA) is 64.7 Å². The zero-order valence-corrected chi connectivity index (χ0v) is 14.4. The minimum atomic E-state index is -0.239. The van der Waals surface area contributed by atoms with Crippen LogP contribution in [0, 0.1) is 6.92 Å². The third-order valence-electron chi connectivity index (χ3n) is 4.01. The van der Waals surface area contributed by atoms with Gasteiger partial charge in [-0.1, -0.05) is 23.7 Å². The molecule has 2 heterocycles. The standard InChI is InChI=1S/C17H18ClN5O/c1-11(13-10-19-22(3)12(13)2)20-17(24)15-8-9-23(21-15)16-7-5-4-6-14(16)18/h4-11H,1-3H3,(H,20,24). The van der Waals surface area contributed by atoms with Gasteiger partial charge < -0.3 is 5.32 Å². The van der Waals surface area contributed by atoms with E-state index in [-0.39, 0.29) is 11.9 Å². The van der Waals surface area contributed by atoms with Gasteiger partial charge in [-0.15, -0.1) is 0 Å². The minimum absolute atomic E-state index is 0.156. The molecule has 1 aromatic carbocycles. The van der Waals surface area contributed by atoms with Gasteiger partial charge in [-0.05, 0) is 32.0 Å². The maximum Gasteiger partial charge on any atom is 0.272 e. The molecule has 0 aliphatic heterocycles. The lowest BCUT2D eigenvalue weighted by atomic mass is 10.1. The van der Waals surface area contributed by atoms with Crippen LogP contribution >= 0.6 is 11.6 Å². The maximum absolute atomic E-state index is 12.4. The van der Waals surface area contributed by atoms with Crippen LogP contribution in [0.3, 0.4) is 0 Å². The highest BCUT2D eigenvalue weighted by atomic mass is 35.5. The summed E-state index contributed by atoms with van der Waals surface area (Å²) in [7, 11) is 1.87. The third-order valence-corrected chi connectivity index (χ3v) is 4.33. The molecule has 1 amide bonds. The van der Waals surface area contributed by atoms with Gasteiger partial charge in [0.15, 0.2) is 5.69 Å². The molecule has 1 unspecified atom stereocenters. The molecule has 124 valence electrons. The van der Waals surface area contributed by atoms with Crippen LogP contribution in [-0.4, -0.2) is 25.5 Å². The van der Waals surface area contributed by atoms with Gasteiger partial charge in [-0.25, -0.2) is 4.68 Å². The number of aryl methyl sites for hydroxylation is 1. The van der Waals surface area contributed by atoms with E-state index in [1.807, 2.05) is 39.1 Å². The van der Waals surface area contributed by atoms with Crippen molar-refractivity contribution in [1.29, 1.82) is 0 Å². The van der Waals surface area contributed by atoms with Crippen LogP contribution in [0.2, 0.25) is 5.02 Å². The molecule has 0 fully saturated rings. The van der Waals surface area contributed by atoms with Crippen molar-refractivity contribution in [2.24, 2.45) is 7.05 Å². The number of carbonyl (C=O) groups excluding carboxylic acids is 1. The molecule has 0 saturated carbocycles. The van der Waals surface area contributed by atoms with Crippen molar-refractivity contribution in [3.63, 3.8) is 0 Å². The zero-order chi connectivity index (χ0) is 17.3. The van der Waals surface area contributed by atoms with Crippen LogP contribution in [0.15, 0.2) is 42.7 Å². The van der Waals surface area contributed by atoms with E-state index in [1.165, 1.54) is 0 Å².